The Balaban J connectivity index is 1.88. The average molecular weight is 344 g/mol. The summed E-state index contributed by atoms with van der Waals surface area (Å²) in [5.74, 6) is 0.376. The topological polar surface area (TPSA) is 83.9 Å². The second-order valence-electron chi connectivity index (χ2n) is 4.46. The van der Waals surface area contributed by atoms with Gasteiger partial charge in [0.25, 0.3) is 0 Å². The smallest absolute Gasteiger partial charge is 0.291 e. The van der Waals surface area contributed by atoms with Gasteiger partial charge in [-0.15, -0.1) is 17.9 Å². The Morgan fingerprint density at radius 3 is 3.00 bits per heavy atom. The van der Waals surface area contributed by atoms with Crippen LogP contribution < -0.4 is 5.32 Å². The molecule has 0 fully saturated rings. The number of anilines is 1. The number of nitrogens with zero attached hydrogens (tertiary/aromatic N) is 5. The lowest BCUT2D eigenvalue weighted by molar-refractivity contribution is 0.241. The molecule has 0 aliphatic heterocycles. The van der Waals surface area contributed by atoms with Crippen molar-refractivity contribution >= 4 is 47.2 Å². The third-order valence-corrected chi connectivity index (χ3v) is 4.00. The molecule has 0 aromatic carbocycles. The van der Waals surface area contributed by atoms with E-state index in [4.69, 9.17) is 0 Å². The molecule has 2 amide bonds. The molecule has 0 saturated carbocycles. The van der Waals surface area contributed by atoms with Gasteiger partial charge in [0.15, 0.2) is 5.65 Å². The minimum Gasteiger partial charge on any atom is -0.291 e. The average Bonchev–Trinajstić information content (AvgIpc) is 3.09. The first-order valence-corrected chi connectivity index (χ1v) is 7.86. The third kappa shape index (κ3) is 3.46. The molecule has 0 radical (unpaired) electrons. The Morgan fingerprint density at radius 1 is 1.39 bits per heavy atom. The van der Waals surface area contributed by atoms with Gasteiger partial charge in [0.2, 0.25) is 0 Å². The lowest BCUT2D eigenvalue weighted by atomic mass is 10.3. The van der Waals surface area contributed by atoms with E-state index < -0.39 is 6.03 Å². The Bertz CT molecular complexity index is 852. The van der Waals surface area contributed by atoms with Crippen LogP contribution in [0.5, 0.6) is 0 Å². The van der Waals surface area contributed by atoms with Crippen molar-refractivity contribution in [3.63, 3.8) is 0 Å². The largest absolute Gasteiger partial charge is 0.333 e. The number of pyridine rings is 1. The molecule has 0 unspecified atom stereocenters. The van der Waals surface area contributed by atoms with Gasteiger partial charge in [-0.1, -0.05) is 18.9 Å². The van der Waals surface area contributed by atoms with Gasteiger partial charge >= 0.3 is 6.03 Å². The number of aromatic nitrogens is 4. The fraction of sp³-hybridized carbons (Fsp3) is 0.0714. The Hall–Kier alpha value is -2.52. The predicted molar refractivity (Wildman–Crippen MR) is 93.3 cm³/mol. The van der Waals surface area contributed by atoms with Crippen LogP contribution in [-0.4, -0.2) is 36.8 Å². The number of carbonyl (C=O) groups is 1. The van der Waals surface area contributed by atoms with Crippen molar-refractivity contribution in [2.75, 3.05) is 11.9 Å². The van der Waals surface area contributed by atoms with Crippen molar-refractivity contribution < 1.29 is 4.79 Å². The lowest BCUT2D eigenvalue weighted by Crippen LogP contribution is -2.27. The summed E-state index contributed by atoms with van der Waals surface area (Å²) in [5, 5.41) is 2.65. The molecule has 116 valence electrons. The number of rotatable bonds is 4. The Kier molecular flexibility index (Phi) is 4.49. The van der Waals surface area contributed by atoms with Crippen LogP contribution in [0.15, 0.2) is 42.7 Å². The van der Waals surface area contributed by atoms with Gasteiger partial charge in [-0.2, -0.15) is 0 Å². The van der Waals surface area contributed by atoms with Gasteiger partial charge < -0.3 is 0 Å². The van der Waals surface area contributed by atoms with Crippen LogP contribution >= 0.6 is 24.2 Å². The number of carbonyl (C=O) groups excluding carboxylic acids is 1. The molecule has 9 heteroatoms. The van der Waals surface area contributed by atoms with Crippen LogP contribution in [0.1, 0.15) is 0 Å². The molecule has 3 rings (SSSR count). The summed E-state index contributed by atoms with van der Waals surface area (Å²) in [6, 6.07) is 3.01. The second kappa shape index (κ2) is 6.71. The number of fused-ring (bicyclic) bond motifs is 1. The van der Waals surface area contributed by atoms with E-state index in [1.165, 1.54) is 15.6 Å². The van der Waals surface area contributed by atoms with Gasteiger partial charge in [-0.3, -0.25) is 19.6 Å². The molecule has 0 spiro atoms. The molecule has 0 saturated heterocycles. The number of urea groups is 1. The molecule has 3 heterocycles. The zero-order valence-corrected chi connectivity index (χ0v) is 13.6. The second-order valence-corrected chi connectivity index (χ2v) is 5.83. The van der Waals surface area contributed by atoms with Crippen LogP contribution in [0.2, 0.25) is 0 Å². The van der Waals surface area contributed by atoms with Crippen molar-refractivity contribution in [2.24, 2.45) is 0 Å². The number of hydrogen-bond donors (Lipinski definition) is 2. The summed E-state index contributed by atoms with van der Waals surface area (Å²) in [5.41, 5.74) is 3.51. The summed E-state index contributed by atoms with van der Waals surface area (Å²) in [6.45, 7) is 3.87. The van der Waals surface area contributed by atoms with E-state index in [0.717, 1.165) is 4.88 Å². The SMILES string of the molecule is C=CCN(S)C(=O)Nc1ccc2ncc(-c3cncs3)nc2n1. The fourth-order valence-corrected chi connectivity index (χ4v) is 2.55. The van der Waals surface area contributed by atoms with Crippen molar-refractivity contribution in [2.45, 2.75) is 0 Å². The standard InChI is InChI=1S/C14H12N6OS2/c1-2-5-20(22)14(21)19-12-4-3-9-13(18-12)17-10(6-16-9)11-7-15-8-23-11/h2-4,6-8,22H,1,5H2,(H,17,18,19,21). The van der Waals surface area contributed by atoms with Crippen LogP contribution in [0.3, 0.4) is 0 Å². The monoisotopic (exact) mass is 344 g/mol. The summed E-state index contributed by atoms with van der Waals surface area (Å²) >= 11 is 5.53. The normalized spacial score (nSPS) is 10.5. The maximum Gasteiger partial charge on any atom is 0.333 e. The maximum absolute atomic E-state index is 11.9. The molecule has 0 bridgehead atoms. The Morgan fingerprint density at radius 2 is 2.26 bits per heavy atom. The molecule has 7 nitrogen and oxygen atoms in total. The molecule has 3 aromatic rings. The summed E-state index contributed by atoms with van der Waals surface area (Å²) in [7, 11) is 0. The first-order chi connectivity index (χ1) is 11.2. The minimum absolute atomic E-state index is 0.317. The van der Waals surface area contributed by atoms with E-state index in [9.17, 15) is 4.79 Å². The number of amides is 2. The van der Waals surface area contributed by atoms with Crippen molar-refractivity contribution in [1.29, 1.82) is 0 Å². The molecule has 1 N–H and O–H groups in total. The number of hydrogen-bond acceptors (Lipinski definition) is 7. The lowest BCUT2D eigenvalue weighted by Gasteiger charge is -2.13. The molecular weight excluding hydrogens is 332 g/mol. The highest BCUT2D eigenvalue weighted by Gasteiger charge is 2.11. The third-order valence-electron chi connectivity index (χ3n) is 2.86. The molecule has 0 atom stereocenters. The summed E-state index contributed by atoms with van der Waals surface area (Å²) in [4.78, 5) is 29.9. The van der Waals surface area contributed by atoms with E-state index in [-0.39, 0.29) is 0 Å². The van der Waals surface area contributed by atoms with Crippen LogP contribution in [-0.2, 0) is 0 Å². The van der Waals surface area contributed by atoms with Gasteiger partial charge in [0, 0.05) is 6.20 Å². The molecule has 0 aliphatic rings. The Labute approximate surface area is 141 Å². The van der Waals surface area contributed by atoms with Gasteiger partial charge in [-0.25, -0.2) is 14.8 Å². The molecule has 23 heavy (non-hydrogen) atoms. The molecular formula is C14H12N6OS2. The first kappa shape index (κ1) is 15.4. The van der Waals surface area contributed by atoms with Crippen LogP contribution in [0, 0.1) is 0 Å². The van der Waals surface area contributed by atoms with Gasteiger partial charge in [0.05, 0.1) is 23.1 Å². The highest BCUT2D eigenvalue weighted by atomic mass is 32.1. The quantitative estimate of drug-likeness (QED) is 0.561. The first-order valence-electron chi connectivity index (χ1n) is 6.58. The van der Waals surface area contributed by atoms with Crippen molar-refractivity contribution in [1.82, 2.24) is 24.2 Å². The van der Waals surface area contributed by atoms with E-state index in [1.807, 2.05) is 0 Å². The summed E-state index contributed by atoms with van der Waals surface area (Å²) in [6.07, 6.45) is 4.97. The van der Waals surface area contributed by atoms with E-state index >= 15 is 0 Å². The van der Waals surface area contributed by atoms with Crippen LogP contribution in [0.4, 0.5) is 10.6 Å². The molecule has 3 aromatic heterocycles. The van der Waals surface area contributed by atoms with Gasteiger partial charge in [-0.05, 0) is 12.1 Å². The maximum atomic E-state index is 11.9. The highest BCUT2D eigenvalue weighted by Crippen LogP contribution is 2.22. The van der Waals surface area contributed by atoms with Gasteiger partial charge in [0.1, 0.15) is 17.0 Å². The predicted octanol–water partition coefficient (Wildman–Crippen LogP) is 3.01. The number of thiol groups is 1. The number of thiazole rings is 1. The van der Waals surface area contributed by atoms with E-state index in [1.54, 1.807) is 36.1 Å². The number of nitrogens with one attached hydrogen (secondary N) is 1. The van der Waals surface area contributed by atoms with E-state index in [0.29, 0.717) is 29.2 Å². The zero-order chi connectivity index (χ0) is 16.2. The minimum atomic E-state index is -0.397. The van der Waals surface area contributed by atoms with Crippen LogP contribution in [0.25, 0.3) is 21.7 Å². The van der Waals surface area contributed by atoms with Crippen molar-refractivity contribution in [3.05, 3.63) is 42.7 Å². The van der Waals surface area contributed by atoms with E-state index in [2.05, 4.69) is 44.6 Å². The summed E-state index contributed by atoms with van der Waals surface area (Å²) < 4.78 is 1.19. The zero-order valence-electron chi connectivity index (χ0n) is 11.9. The molecule has 0 aliphatic carbocycles. The highest BCUT2D eigenvalue weighted by molar-refractivity contribution is 7.78. The fourth-order valence-electron chi connectivity index (χ4n) is 1.81. The van der Waals surface area contributed by atoms with Crippen molar-refractivity contribution in [3.8, 4) is 10.6 Å².